The number of hydrogen-bond donors (Lipinski definition) is 0. The second-order valence-corrected chi connectivity index (χ2v) is 4.26. The largest absolute Gasteiger partial charge is 0.310 e. The van der Waals surface area contributed by atoms with Gasteiger partial charge in [-0.05, 0) is 12.1 Å². The lowest BCUT2D eigenvalue weighted by atomic mass is 10.1. The topological polar surface area (TPSA) is 20.3 Å². The third kappa shape index (κ3) is 1.22. The molecule has 1 fully saturated rings. The highest BCUT2D eigenvalue weighted by molar-refractivity contribution is 14.1. The van der Waals surface area contributed by atoms with E-state index in [1.54, 1.807) is 4.90 Å². The van der Waals surface area contributed by atoms with Crippen LogP contribution in [0, 0.1) is 0 Å². The van der Waals surface area contributed by atoms with Gasteiger partial charge in [0, 0.05) is 12.2 Å². The molecular weight excluding hydrogens is 265 g/mol. The minimum absolute atomic E-state index is 0.183. The van der Waals surface area contributed by atoms with Crippen LogP contribution in [0.2, 0.25) is 0 Å². The van der Waals surface area contributed by atoms with Crippen molar-refractivity contribution < 1.29 is 4.79 Å². The summed E-state index contributed by atoms with van der Waals surface area (Å²) < 4.78 is 0.183. The Kier molecular flexibility index (Phi) is 2.04. The van der Waals surface area contributed by atoms with E-state index in [-0.39, 0.29) is 9.83 Å². The molecular formula is C9H8INO. The lowest BCUT2D eigenvalue weighted by Gasteiger charge is -2.35. The third-order valence-electron chi connectivity index (χ3n) is 1.94. The molecule has 12 heavy (non-hydrogen) atoms. The molecule has 1 amide bonds. The van der Waals surface area contributed by atoms with E-state index in [9.17, 15) is 4.79 Å². The summed E-state index contributed by atoms with van der Waals surface area (Å²) in [6.07, 6.45) is 0. The highest BCUT2D eigenvalue weighted by atomic mass is 127. The van der Waals surface area contributed by atoms with E-state index >= 15 is 0 Å². The van der Waals surface area contributed by atoms with Gasteiger partial charge in [0.05, 0.1) is 0 Å². The lowest BCUT2D eigenvalue weighted by Crippen LogP contribution is -2.53. The molecule has 1 aliphatic heterocycles. The molecule has 0 N–H and O–H groups in total. The monoisotopic (exact) mass is 273 g/mol. The van der Waals surface area contributed by atoms with Crippen molar-refractivity contribution in [1.82, 2.24) is 0 Å². The molecule has 1 atom stereocenters. The van der Waals surface area contributed by atoms with Gasteiger partial charge in [0.1, 0.15) is 3.92 Å². The zero-order valence-electron chi connectivity index (χ0n) is 6.40. The van der Waals surface area contributed by atoms with E-state index in [4.69, 9.17) is 0 Å². The number of amides is 1. The van der Waals surface area contributed by atoms with E-state index in [0.29, 0.717) is 0 Å². The zero-order valence-corrected chi connectivity index (χ0v) is 8.56. The number of benzene rings is 1. The number of hydrogen-bond acceptors (Lipinski definition) is 1. The van der Waals surface area contributed by atoms with Crippen molar-refractivity contribution in [2.75, 3.05) is 11.4 Å². The summed E-state index contributed by atoms with van der Waals surface area (Å²) in [4.78, 5) is 13.1. The van der Waals surface area contributed by atoms with Crippen LogP contribution in [0.1, 0.15) is 0 Å². The fourth-order valence-corrected chi connectivity index (χ4v) is 1.96. The van der Waals surface area contributed by atoms with E-state index in [1.165, 1.54) is 0 Å². The highest BCUT2D eigenvalue weighted by Crippen LogP contribution is 2.25. The van der Waals surface area contributed by atoms with Crippen molar-refractivity contribution in [3.8, 4) is 0 Å². The summed E-state index contributed by atoms with van der Waals surface area (Å²) in [6, 6.07) is 9.77. The molecule has 2 nitrogen and oxygen atoms in total. The van der Waals surface area contributed by atoms with Crippen LogP contribution in [-0.4, -0.2) is 16.4 Å². The van der Waals surface area contributed by atoms with Crippen molar-refractivity contribution in [2.24, 2.45) is 0 Å². The number of alkyl halides is 1. The molecule has 1 aliphatic rings. The van der Waals surface area contributed by atoms with Crippen molar-refractivity contribution >= 4 is 34.2 Å². The Hall–Kier alpha value is -0.580. The molecule has 3 heteroatoms. The molecule has 1 unspecified atom stereocenters. The number of para-hydroxylation sites is 1. The number of anilines is 1. The van der Waals surface area contributed by atoms with Gasteiger partial charge in [-0.15, -0.1) is 0 Å². The van der Waals surface area contributed by atoms with Crippen LogP contribution in [0.25, 0.3) is 0 Å². The summed E-state index contributed by atoms with van der Waals surface area (Å²) in [6.45, 7) is 0.851. The SMILES string of the molecule is O=C1C(I)CN1c1ccccc1. The molecule has 1 saturated heterocycles. The Balaban J connectivity index is 2.19. The number of halogens is 1. The summed E-state index contributed by atoms with van der Waals surface area (Å²) in [5.74, 6) is 0.224. The van der Waals surface area contributed by atoms with Crippen LogP contribution in [0.5, 0.6) is 0 Å². The maximum atomic E-state index is 11.3. The first kappa shape index (κ1) is 8.04. The van der Waals surface area contributed by atoms with Crippen LogP contribution in [-0.2, 0) is 4.79 Å². The van der Waals surface area contributed by atoms with Crippen LogP contribution in [0.15, 0.2) is 30.3 Å². The number of carbonyl (C=O) groups is 1. The fourth-order valence-electron chi connectivity index (χ4n) is 1.23. The number of nitrogens with zero attached hydrogens (tertiary/aromatic N) is 1. The summed E-state index contributed by atoms with van der Waals surface area (Å²) in [5.41, 5.74) is 1.01. The average molecular weight is 273 g/mol. The molecule has 1 aromatic carbocycles. The van der Waals surface area contributed by atoms with Crippen molar-refractivity contribution in [1.29, 1.82) is 0 Å². The quantitative estimate of drug-likeness (QED) is 0.434. The predicted octanol–water partition coefficient (Wildman–Crippen LogP) is 1.84. The first-order valence-corrected chi connectivity index (χ1v) is 5.04. The van der Waals surface area contributed by atoms with E-state index < -0.39 is 0 Å². The Morgan fingerprint density at radius 2 is 2.00 bits per heavy atom. The Morgan fingerprint density at radius 3 is 2.50 bits per heavy atom. The van der Waals surface area contributed by atoms with Gasteiger partial charge in [-0.25, -0.2) is 0 Å². The van der Waals surface area contributed by atoms with Crippen LogP contribution >= 0.6 is 22.6 Å². The summed E-state index contributed by atoms with van der Waals surface area (Å²) in [7, 11) is 0. The van der Waals surface area contributed by atoms with Gasteiger partial charge in [-0.2, -0.15) is 0 Å². The molecule has 0 bridgehead atoms. The van der Waals surface area contributed by atoms with Gasteiger partial charge in [0.15, 0.2) is 0 Å². The van der Waals surface area contributed by atoms with Crippen LogP contribution in [0.3, 0.4) is 0 Å². The molecule has 62 valence electrons. The van der Waals surface area contributed by atoms with E-state index in [1.807, 2.05) is 30.3 Å². The molecule has 1 heterocycles. The maximum Gasteiger partial charge on any atom is 0.241 e. The zero-order chi connectivity index (χ0) is 8.55. The van der Waals surface area contributed by atoms with Crippen LogP contribution < -0.4 is 4.90 Å². The highest BCUT2D eigenvalue weighted by Gasteiger charge is 2.34. The summed E-state index contributed by atoms with van der Waals surface area (Å²) >= 11 is 2.17. The van der Waals surface area contributed by atoms with Crippen LogP contribution in [0.4, 0.5) is 5.69 Å². The molecule has 0 aromatic heterocycles. The van der Waals surface area contributed by atoms with Crippen molar-refractivity contribution in [3.63, 3.8) is 0 Å². The normalized spacial score (nSPS) is 22.2. The molecule has 1 aromatic rings. The molecule has 0 saturated carbocycles. The third-order valence-corrected chi connectivity index (χ3v) is 2.87. The van der Waals surface area contributed by atoms with Gasteiger partial charge in [0.2, 0.25) is 5.91 Å². The molecule has 0 spiro atoms. The number of β-lactam (4-membered cyclic amide) rings is 1. The predicted molar refractivity (Wildman–Crippen MR) is 56.6 cm³/mol. The standard InChI is InChI=1S/C9H8INO/c10-8-6-11(9(8)12)7-4-2-1-3-5-7/h1-5,8H,6H2. The molecule has 2 rings (SSSR count). The summed E-state index contributed by atoms with van der Waals surface area (Å²) in [5, 5.41) is 0. The average Bonchev–Trinajstić information content (AvgIpc) is 2.15. The second-order valence-electron chi connectivity index (χ2n) is 2.75. The molecule has 0 radical (unpaired) electrons. The van der Waals surface area contributed by atoms with Crippen molar-refractivity contribution in [2.45, 2.75) is 3.92 Å². The van der Waals surface area contributed by atoms with Gasteiger partial charge in [-0.1, -0.05) is 40.8 Å². The Labute approximate surface area is 84.7 Å². The van der Waals surface area contributed by atoms with Crippen molar-refractivity contribution in [3.05, 3.63) is 30.3 Å². The Bertz CT molecular complexity index is 299. The first-order valence-electron chi connectivity index (χ1n) is 3.79. The van der Waals surface area contributed by atoms with Gasteiger partial charge < -0.3 is 4.90 Å². The minimum Gasteiger partial charge on any atom is -0.310 e. The molecule has 0 aliphatic carbocycles. The number of carbonyl (C=O) groups excluding carboxylic acids is 1. The first-order chi connectivity index (χ1) is 5.79. The lowest BCUT2D eigenvalue weighted by molar-refractivity contribution is -0.120. The smallest absolute Gasteiger partial charge is 0.241 e. The second kappa shape index (κ2) is 3.05. The van der Waals surface area contributed by atoms with Gasteiger partial charge in [0.25, 0.3) is 0 Å². The van der Waals surface area contributed by atoms with E-state index in [2.05, 4.69) is 22.6 Å². The minimum atomic E-state index is 0.183. The Morgan fingerprint density at radius 1 is 1.33 bits per heavy atom. The maximum absolute atomic E-state index is 11.3. The fraction of sp³-hybridized carbons (Fsp3) is 0.222. The van der Waals surface area contributed by atoms with E-state index in [0.717, 1.165) is 12.2 Å². The number of rotatable bonds is 1. The van der Waals surface area contributed by atoms with Gasteiger partial charge >= 0.3 is 0 Å². The van der Waals surface area contributed by atoms with Gasteiger partial charge in [-0.3, -0.25) is 4.79 Å².